The normalized spacial score (nSPS) is 12.8. The van der Waals surface area contributed by atoms with Crippen LogP contribution < -0.4 is 10.6 Å². The average Bonchev–Trinajstić information content (AvgIpc) is 3.17. The standard InChI is InChI=1S/C28H28N2O5/c1-2-7-25(27(32)33)30-26(31)16-18-12-14-19(15-13-18)29-28(34)35-17-24-22-10-5-3-8-20(22)21-9-4-6-11-23(21)24/h3-6,8-15,24-25H,2,7,16-17H2,1H3,(H,29,34)(H,30,31)(H,32,33)/t25-/m1/s1. The minimum atomic E-state index is -1.04. The Hall–Kier alpha value is -4.13. The summed E-state index contributed by atoms with van der Waals surface area (Å²) in [5.74, 6) is -1.41. The molecule has 0 aromatic heterocycles. The van der Waals surface area contributed by atoms with Gasteiger partial charge in [-0.15, -0.1) is 0 Å². The Morgan fingerprint density at radius 2 is 1.51 bits per heavy atom. The molecule has 0 saturated carbocycles. The fourth-order valence-electron chi connectivity index (χ4n) is 4.44. The summed E-state index contributed by atoms with van der Waals surface area (Å²) >= 11 is 0. The van der Waals surface area contributed by atoms with Gasteiger partial charge >= 0.3 is 12.1 Å². The van der Waals surface area contributed by atoms with Crippen LogP contribution in [0.15, 0.2) is 72.8 Å². The summed E-state index contributed by atoms with van der Waals surface area (Å²) < 4.78 is 5.56. The van der Waals surface area contributed by atoms with Gasteiger partial charge < -0.3 is 15.2 Å². The third-order valence-electron chi connectivity index (χ3n) is 6.12. The number of fused-ring (bicyclic) bond motifs is 3. The monoisotopic (exact) mass is 472 g/mol. The summed E-state index contributed by atoms with van der Waals surface area (Å²) in [6, 6.07) is 22.2. The van der Waals surface area contributed by atoms with E-state index in [9.17, 15) is 19.5 Å². The number of carbonyl (C=O) groups is 3. The molecule has 7 heteroatoms. The van der Waals surface area contributed by atoms with E-state index in [1.807, 2.05) is 31.2 Å². The minimum Gasteiger partial charge on any atom is -0.480 e. The number of carboxylic acids is 1. The highest BCUT2D eigenvalue weighted by Gasteiger charge is 2.29. The lowest BCUT2D eigenvalue weighted by Crippen LogP contribution is -2.41. The number of carboxylic acid groups (broad SMARTS) is 1. The number of aliphatic carboxylic acids is 1. The van der Waals surface area contributed by atoms with E-state index in [-0.39, 0.29) is 24.9 Å². The van der Waals surface area contributed by atoms with Crippen molar-refractivity contribution >= 4 is 23.7 Å². The van der Waals surface area contributed by atoms with Crippen molar-refractivity contribution in [1.29, 1.82) is 0 Å². The van der Waals surface area contributed by atoms with Gasteiger partial charge in [-0.2, -0.15) is 0 Å². The van der Waals surface area contributed by atoms with Gasteiger partial charge in [0.2, 0.25) is 5.91 Å². The summed E-state index contributed by atoms with van der Waals surface area (Å²) in [7, 11) is 0. The third-order valence-corrected chi connectivity index (χ3v) is 6.12. The Morgan fingerprint density at radius 3 is 2.09 bits per heavy atom. The topological polar surface area (TPSA) is 105 Å². The Morgan fingerprint density at radius 1 is 0.914 bits per heavy atom. The Balaban J connectivity index is 1.31. The molecule has 3 aromatic rings. The second kappa shape index (κ2) is 10.9. The molecular formula is C28H28N2O5. The number of hydrogen-bond donors (Lipinski definition) is 3. The zero-order valence-corrected chi connectivity index (χ0v) is 19.5. The van der Waals surface area contributed by atoms with Crippen LogP contribution in [0.1, 0.15) is 42.4 Å². The molecule has 1 atom stereocenters. The number of carbonyl (C=O) groups excluding carboxylic acids is 2. The number of anilines is 1. The van der Waals surface area contributed by atoms with E-state index < -0.39 is 18.1 Å². The van der Waals surface area contributed by atoms with Crippen molar-refractivity contribution in [1.82, 2.24) is 5.32 Å². The van der Waals surface area contributed by atoms with E-state index in [0.29, 0.717) is 24.1 Å². The maximum absolute atomic E-state index is 12.4. The van der Waals surface area contributed by atoms with Gasteiger partial charge in [-0.3, -0.25) is 10.1 Å². The third kappa shape index (κ3) is 5.69. The maximum Gasteiger partial charge on any atom is 0.411 e. The molecule has 0 fully saturated rings. The van der Waals surface area contributed by atoms with Crippen molar-refractivity contribution in [3.8, 4) is 11.1 Å². The molecule has 3 N–H and O–H groups in total. The number of amides is 2. The van der Waals surface area contributed by atoms with Crippen LogP contribution in [0.4, 0.5) is 10.5 Å². The van der Waals surface area contributed by atoms with Crippen LogP contribution in [0.2, 0.25) is 0 Å². The number of hydrogen-bond acceptors (Lipinski definition) is 4. The molecule has 0 unspecified atom stereocenters. The van der Waals surface area contributed by atoms with Crippen LogP contribution in [0, 0.1) is 0 Å². The van der Waals surface area contributed by atoms with Gasteiger partial charge in [-0.1, -0.05) is 74.0 Å². The van der Waals surface area contributed by atoms with Gasteiger partial charge in [0.05, 0.1) is 6.42 Å². The lowest BCUT2D eigenvalue weighted by atomic mass is 9.98. The highest BCUT2D eigenvalue weighted by Crippen LogP contribution is 2.44. The minimum absolute atomic E-state index is 0.0172. The van der Waals surface area contributed by atoms with Gasteiger partial charge in [0.15, 0.2) is 0 Å². The zero-order chi connectivity index (χ0) is 24.8. The molecule has 0 spiro atoms. The van der Waals surface area contributed by atoms with Crippen molar-refractivity contribution < 1.29 is 24.2 Å². The predicted octanol–water partition coefficient (Wildman–Crippen LogP) is 4.96. The van der Waals surface area contributed by atoms with Crippen LogP contribution in [-0.4, -0.2) is 35.7 Å². The first kappa shape index (κ1) is 24.0. The first-order valence-electron chi connectivity index (χ1n) is 11.7. The SMILES string of the molecule is CCC[C@@H](NC(=O)Cc1ccc(NC(=O)OCC2c3ccccc3-c3ccccc32)cc1)C(=O)O. The van der Waals surface area contributed by atoms with Crippen LogP contribution in [0.5, 0.6) is 0 Å². The van der Waals surface area contributed by atoms with E-state index in [1.54, 1.807) is 24.3 Å². The number of benzene rings is 3. The summed E-state index contributed by atoms with van der Waals surface area (Å²) in [4.78, 5) is 35.9. The van der Waals surface area contributed by atoms with Crippen LogP contribution in [0.25, 0.3) is 11.1 Å². The molecule has 180 valence electrons. The fourth-order valence-corrected chi connectivity index (χ4v) is 4.44. The molecule has 3 aromatic carbocycles. The van der Waals surface area contributed by atoms with Crippen LogP contribution in [-0.2, 0) is 20.7 Å². The lowest BCUT2D eigenvalue weighted by molar-refractivity contribution is -0.141. The van der Waals surface area contributed by atoms with E-state index in [0.717, 1.165) is 11.1 Å². The van der Waals surface area contributed by atoms with Gasteiger partial charge in [0.25, 0.3) is 0 Å². The fraction of sp³-hybridized carbons (Fsp3) is 0.250. The van der Waals surface area contributed by atoms with E-state index in [2.05, 4.69) is 34.9 Å². The first-order valence-corrected chi connectivity index (χ1v) is 11.7. The predicted molar refractivity (Wildman–Crippen MR) is 133 cm³/mol. The molecule has 0 saturated heterocycles. The second-order valence-corrected chi connectivity index (χ2v) is 8.57. The Kier molecular flexibility index (Phi) is 7.45. The van der Waals surface area contributed by atoms with E-state index >= 15 is 0 Å². The van der Waals surface area contributed by atoms with Gasteiger partial charge in [0, 0.05) is 11.6 Å². The van der Waals surface area contributed by atoms with Crippen molar-refractivity contribution in [2.75, 3.05) is 11.9 Å². The summed E-state index contributed by atoms with van der Waals surface area (Å²) in [6.45, 7) is 2.09. The molecule has 1 aliphatic rings. The molecule has 0 heterocycles. The van der Waals surface area contributed by atoms with Crippen molar-refractivity contribution in [2.45, 2.75) is 38.1 Å². The van der Waals surface area contributed by atoms with Crippen molar-refractivity contribution in [3.63, 3.8) is 0 Å². The molecule has 7 nitrogen and oxygen atoms in total. The first-order chi connectivity index (χ1) is 17.0. The molecule has 0 radical (unpaired) electrons. The Labute approximate surface area is 204 Å². The lowest BCUT2D eigenvalue weighted by Gasteiger charge is -2.15. The smallest absolute Gasteiger partial charge is 0.411 e. The molecule has 4 rings (SSSR count). The van der Waals surface area contributed by atoms with Gasteiger partial charge in [-0.25, -0.2) is 9.59 Å². The van der Waals surface area contributed by atoms with Crippen LogP contribution in [0.3, 0.4) is 0 Å². The van der Waals surface area contributed by atoms with Gasteiger partial charge in [-0.05, 0) is 46.4 Å². The van der Waals surface area contributed by atoms with E-state index in [1.165, 1.54) is 11.1 Å². The highest BCUT2D eigenvalue weighted by molar-refractivity contribution is 5.86. The summed E-state index contributed by atoms with van der Waals surface area (Å²) in [5, 5.41) is 14.4. The molecule has 2 amide bonds. The largest absolute Gasteiger partial charge is 0.480 e. The number of nitrogens with one attached hydrogen (secondary N) is 2. The second-order valence-electron chi connectivity index (χ2n) is 8.57. The molecule has 35 heavy (non-hydrogen) atoms. The number of rotatable bonds is 9. The quantitative estimate of drug-likeness (QED) is 0.408. The number of ether oxygens (including phenoxy) is 1. The van der Waals surface area contributed by atoms with Crippen molar-refractivity contribution in [2.24, 2.45) is 0 Å². The summed E-state index contributed by atoms with van der Waals surface area (Å²) in [6.07, 6.45) is 0.539. The molecular weight excluding hydrogens is 444 g/mol. The van der Waals surface area contributed by atoms with Crippen molar-refractivity contribution in [3.05, 3.63) is 89.5 Å². The van der Waals surface area contributed by atoms with Gasteiger partial charge in [0.1, 0.15) is 12.6 Å². The molecule has 0 aliphatic heterocycles. The summed E-state index contributed by atoms with van der Waals surface area (Å²) in [5.41, 5.74) is 5.88. The maximum atomic E-state index is 12.4. The molecule has 0 bridgehead atoms. The van der Waals surface area contributed by atoms with Crippen LogP contribution >= 0.6 is 0 Å². The average molecular weight is 473 g/mol. The molecule has 1 aliphatic carbocycles. The zero-order valence-electron chi connectivity index (χ0n) is 19.5. The highest BCUT2D eigenvalue weighted by atomic mass is 16.5. The van der Waals surface area contributed by atoms with E-state index in [4.69, 9.17) is 4.74 Å². The Bertz CT molecular complexity index is 1180.